The summed E-state index contributed by atoms with van der Waals surface area (Å²) in [6, 6.07) is 0. The number of hydrogen-bond donors (Lipinski definition) is 2. The van der Waals surface area contributed by atoms with Crippen molar-refractivity contribution < 1.29 is 19.7 Å². The summed E-state index contributed by atoms with van der Waals surface area (Å²) >= 11 is 0. The van der Waals surface area contributed by atoms with E-state index in [0.29, 0.717) is 11.1 Å². The van der Waals surface area contributed by atoms with Gasteiger partial charge in [0.05, 0.1) is 0 Å². The lowest BCUT2D eigenvalue weighted by atomic mass is 9.70. The molecule has 3 rings (SSSR count). The van der Waals surface area contributed by atoms with Crippen molar-refractivity contribution in [2.24, 2.45) is 23.7 Å². The summed E-state index contributed by atoms with van der Waals surface area (Å²) in [6.07, 6.45) is 4.63. The Labute approximate surface area is 138 Å². The number of hydrogen-bond acceptors (Lipinski definition) is 4. The maximum atomic E-state index is 12.4. The fourth-order valence-corrected chi connectivity index (χ4v) is 4.80. The Balaban J connectivity index is 2.22. The molecule has 1 aliphatic heterocycles. The Kier molecular flexibility index (Phi) is 3.77. The Morgan fingerprint density at radius 3 is 2.52 bits per heavy atom. The predicted octanol–water partition coefficient (Wildman–Crippen LogP) is 2.95. The number of carbonyl (C=O) groups excluding carboxylic acids is 1. The van der Waals surface area contributed by atoms with Crippen LogP contribution in [-0.2, 0) is 9.53 Å². The molecule has 2 N–H and O–H groups in total. The number of aliphatic hydroxyl groups is 2. The fraction of sp³-hybridized carbons (Fsp3) is 0.737. The monoisotopic (exact) mass is 320 g/mol. The molecule has 23 heavy (non-hydrogen) atoms. The molecule has 4 nitrogen and oxygen atoms in total. The van der Waals surface area contributed by atoms with E-state index in [9.17, 15) is 15.0 Å². The fourth-order valence-electron chi connectivity index (χ4n) is 4.80. The lowest BCUT2D eigenvalue weighted by Gasteiger charge is -2.42. The van der Waals surface area contributed by atoms with Crippen LogP contribution in [0.5, 0.6) is 0 Å². The standard InChI is InChI=1S/C19H28O4/c1-10(2)8-13-9-12(4)14-7-6-11(3)15-16(14)19(22,18(13,5)21)23-17(15)20/h8,11-14,21-22H,6-7,9H2,1-5H3/t11-,12-,13+,14+,18-,19-/m0/s1. The third-order valence-corrected chi connectivity index (χ3v) is 6.15. The van der Waals surface area contributed by atoms with Crippen molar-refractivity contribution in [1.82, 2.24) is 0 Å². The second-order valence-corrected chi connectivity index (χ2v) is 8.16. The van der Waals surface area contributed by atoms with Crippen LogP contribution in [0.3, 0.4) is 0 Å². The van der Waals surface area contributed by atoms with Gasteiger partial charge in [-0.2, -0.15) is 0 Å². The number of rotatable bonds is 1. The van der Waals surface area contributed by atoms with E-state index in [1.54, 1.807) is 6.92 Å². The first-order valence-electron chi connectivity index (χ1n) is 8.67. The molecule has 1 fully saturated rings. The molecule has 0 aromatic rings. The molecule has 0 aromatic carbocycles. The van der Waals surface area contributed by atoms with E-state index in [0.717, 1.165) is 24.8 Å². The van der Waals surface area contributed by atoms with Crippen LogP contribution in [0.4, 0.5) is 0 Å². The van der Waals surface area contributed by atoms with Crippen molar-refractivity contribution >= 4 is 5.97 Å². The molecule has 6 atom stereocenters. The van der Waals surface area contributed by atoms with E-state index >= 15 is 0 Å². The quantitative estimate of drug-likeness (QED) is 0.576. The SMILES string of the molecule is CC(C)=C[C@@H]1C[C@H](C)[C@H]2CC[C@H](C)C3=C2[C@](O)(OC3=O)[C@@]1(C)O. The number of esters is 1. The van der Waals surface area contributed by atoms with Crippen molar-refractivity contribution in [3.63, 3.8) is 0 Å². The summed E-state index contributed by atoms with van der Waals surface area (Å²) in [4.78, 5) is 12.4. The van der Waals surface area contributed by atoms with Crippen LogP contribution >= 0.6 is 0 Å². The lowest BCUT2D eigenvalue weighted by Crippen LogP contribution is -2.57. The van der Waals surface area contributed by atoms with Crippen LogP contribution in [0.2, 0.25) is 0 Å². The average molecular weight is 320 g/mol. The highest BCUT2D eigenvalue weighted by atomic mass is 16.7. The van der Waals surface area contributed by atoms with Gasteiger partial charge >= 0.3 is 5.97 Å². The van der Waals surface area contributed by atoms with Crippen LogP contribution in [-0.4, -0.2) is 27.6 Å². The van der Waals surface area contributed by atoms with Gasteiger partial charge in [-0.05, 0) is 57.8 Å². The summed E-state index contributed by atoms with van der Waals surface area (Å²) in [6.45, 7) is 9.73. The number of ether oxygens (including phenoxy) is 1. The van der Waals surface area contributed by atoms with Crippen LogP contribution in [0, 0.1) is 23.7 Å². The summed E-state index contributed by atoms with van der Waals surface area (Å²) in [5.74, 6) is -2.16. The Morgan fingerprint density at radius 2 is 1.91 bits per heavy atom. The van der Waals surface area contributed by atoms with Gasteiger partial charge in [-0.1, -0.05) is 25.5 Å². The molecule has 0 bridgehead atoms. The topological polar surface area (TPSA) is 66.8 Å². The molecular weight excluding hydrogens is 292 g/mol. The molecule has 0 saturated heterocycles. The lowest BCUT2D eigenvalue weighted by molar-refractivity contribution is -0.261. The zero-order valence-corrected chi connectivity index (χ0v) is 14.7. The number of allylic oxidation sites excluding steroid dienone is 1. The van der Waals surface area contributed by atoms with E-state index in [2.05, 4.69) is 6.92 Å². The molecule has 4 heteroatoms. The summed E-state index contributed by atoms with van der Waals surface area (Å²) in [5.41, 5.74) is 0.817. The van der Waals surface area contributed by atoms with Gasteiger partial charge in [0.1, 0.15) is 5.60 Å². The molecular formula is C19H28O4. The molecule has 1 heterocycles. The van der Waals surface area contributed by atoms with E-state index in [1.165, 1.54) is 0 Å². The minimum atomic E-state index is -1.90. The molecule has 0 radical (unpaired) electrons. The third-order valence-electron chi connectivity index (χ3n) is 6.15. The van der Waals surface area contributed by atoms with Crippen LogP contribution in [0.25, 0.3) is 0 Å². The average Bonchev–Trinajstić information content (AvgIpc) is 2.69. The zero-order chi connectivity index (χ0) is 17.2. The van der Waals surface area contributed by atoms with Crippen LogP contribution in [0.15, 0.2) is 22.8 Å². The first-order chi connectivity index (χ1) is 10.6. The van der Waals surface area contributed by atoms with Gasteiger partial charge in [0.15, 0.2) is 0 Å². The molecule has 3 aliphatic rings. The third kappa shape index (κ3) is 2.22. The van der Waals surface area contributed by atoms with Gasteiger partial charge < -0.3 is 14.9 Å². The minimum Gasteiger partial charge on any atom is -0.422 e. The van der Waals surface area contributed by atoms with Crippen molar-refractivity contribution in [1.29, 1.82) is 0 Å². The predicted molar refractivity (Wildman–Crippen MR) is 87.3 cm³/mol. The van der Waals surface area contributed by atoms with Gasteiger partial charge in [-0.25, -0.2) is 4.79 Å². The second-order valence-electron chi connectivity index (χ2n) is 8.16. The first kappa shape index (κ1) is 16.7. The minimum absolute atomic E-state index is 0.0748. The first-order valence-corrected chi connectivity index (χ1v) is 8.67. The summed E-state index contributed by atoms with van der Waals surface area (Å²) in [7, 11) is 0. The molecule has 0 amide bonds. The van der Waals surface area contributed by atoms with E-state index < -0.39 is 17.4 Å². The van der Waals surface area contributed by atoms with Crippen molar-refractivity contribution in [3.8, 4) is 0 Å². The Morgan fingerprint density at radius 1 is 1.26 bits per heavy atom. The van der Waals surface area contributed by atoms with Crippen LogP contribution in [0.1, 0.15) is 53.9 Å². The van der Waals surface area contributed by atoms with Gasteiger partial charge in [-0.15, -0.1) is 0 Å². The molecule has 0 aromatic heterocycles. The Bertz CT molecular complexity index is 596. The molecule has 2 aliphatic carbocycles. The number of carbonyl (C=O) groups is 1. The molecule has 0 unspecified atom stereocenters. The highest BCUT2D eigenvalue weighted by Gasteiger charge is 2.65. The molecule has 128 valence electrons. The van der Waals surface area contributed by atoms with E-state index in [1.807, 2.05) is 26.8 Å². The zero-order valence-electron chi connectivity index (χ0n) is 14.7. The van der Waals surface area contributed by atoms with E-state index in [-0.39, 0.29) is 23.7 Å². The summed E-state index contributed by atoms with van der Waals surface area (Å²) in [5, 5.41) is 22.6. The van der Waals surface area contributed by atoms with E-state index in [4.69, 9.17) is 4.74 Å². The van der Waals surface area contributed by atoms with Crippen molar-refractivity contribution in [3.05, 3.63) is 22.8 Å². The van der Waals surface area contributed by atoms with Gasteiger partial charge in [0.25, 0.3) is 5.79 Å². The highest BCUT2D eigenvalue weighted by Crippen LogP contribution is 2.57. The Hall–Kier alpha value is -1.13. The molecule has 1 saturated carbocycles. The van der Waals surface area contributed by atoms with Crippen LogP contribution < -0.4 is 0 Å². The van der Waals surface area contributed by atoms with Gasteiger partial charge in [0.2, 0.25) is 0 Å². The second kappa shape index (κ2) is 5.18. The maximum absolute atomic E-state index is 12.4. The highest BCUT2D eigenvalue weighted by molar-refractivity contribution is 5.94. The van der Waals surface area contributed by atoms with Crippen molar-refractivity contribution in [2.75, 3.05) is 0 Å². The van der Waals surface area contributed by atoms with Gasteiger partial charge in [-0.3, -0.25) is 0 Å². The summed E-state index contributed by atoms with van der Waals surface area (Å²) < 4.78 is 5.46. The van der Waals surface area contributed by atoms with Gasteiger partial charge in [0, 0.05) is 17.1 Å². The normalized spacial score (nSPS) is 46.1. The molecule has 0 spiro atoms. The maximum Gasteiger partial charge on any atom is 0.337 e. The largest absolute Gasteiger partial charge is 0.422 e. The van der Waals surface area contributed by atoms with Crippen molar-refractivity contribution in [2.45, 2.75) is 65.3 Å². The smallest absolute Gasteiger partial charge is 0.337 e.